The minimum atomic E-state index is -0.0306. The van der Waals surface area contributed by atoms with E-state index in [-0.39, 0.29) is 26.5 Å². The van der Waals surface area contributed by atoms with E-state index in [4.69, 9.17) is 9.72 Å². The van der Waals surface area contributed by atoms with Crippen LogP contribution in [0, 0.1) is 32.3 Å². The first-order valence-corrected chi connectivity index (χ1v) is 20.7. The molecule has 304 valence electrons. The number of ether oxygens (including phenoxy) is 1. The van der Waals surface area contributed by atoms with Crippen molar-refractivity contribution in [2.75, 3.05) is 0 Å². The van der Waals surface area contributed by atoms with Gasteiger partial charge < -0.3 is 13.9 Å². The molecule has 3 aromatic heterocycles. The number of para-hydroxylation sites is 4. The Morgan fingerprint density at radius 2 is 1.33 bits per heavy atom. The van der Waals surface area contributed by atoms with Crippen LogP contribution in [0.2, 0.25) is 0 Å². The molecule has 6 aromatic carbocycles. The fourth-order valence-electron chi connectivity index (χ4n) is 8.59. The Morgan fingerprint density at radius 1 is 0.667 bits per heavy atom. The van der Waals surface area contributed by atoms with E-state index >= 15 is 0 Å². The first-order valence-electron chi connectivity index (χ1n) is 20.7. The van der Waals surface area contributed by atoms with Gasteiger partial charge in [-0.1, -0.05) is 133 Å². The van der Waals surface area contributed by atoms with Crippen LogP contribution in [0.15, 0.2) is 128 Å². The van der Waals surface area contributed by atoms with E-state index in [0.29, 0.717) is 23.3 Å². The van der Waals surface area contributed by atoms with Crippen LogP contribution < -0.4 is 9.30 Å². The van der Waals surface area contributed by atoms with E-state index in [1.54, 1.807) is 0 Å². The van der Waals surface area contributed by atoms with E-state index in [1.165, 1.54) is 33.4 Å². The van der Waals surface area contributed by atoms with E-state index < -0.39 is 0 Å². The van der Waals surface area contributed by atoms with Crippen molar-refractivity contribution in [3.05, 3.63) is 174 Å². The number of aromatic nitrogens is 4. The van der Waals surface area contributed by atoms with E-state index in [1.807, 2.05) is 12.3 Å². The number of nitrogens with zero attached hydrogens (tertiary/aromatic N) is 4. The Morgan fingerprint density at radius 3 is 2.03 bits per heavy atom. The number of aryl methyl sites for hydroxylation is 2. The Hall–Kier alpha value is -5.77. The van der Waals surface area contributed by atoms with Crippen molar-refractivity contribution in [3.63, 3.8) is 0 Å². The maximum Gasteiger partial charge on any atom is 0.268 e. The third-order valence-electron chi connectivity index (χ3n) is 11.6. The molecule has 0 aliphatic rings. The van der Waals surface area contributed by atoms with Crippen LogP contribution in [0.3, 0.4) is 0 Å². The minimum Gasteiger partial charge on any atom is -0.510 e. The molecule has 0 aliphatic carbocycles. The molecule has 3 heterocycles. The van der Waals surface area contributed by atoms with Crippen LogP contribution in [0.25, 0.3) is 61.2 Å². The predicted octanol–water partition coefficient (Wildman–Crippen LogP) is 13.4. The molecule has 60 heavy (non-hydrogen) atoms. The number of pyridine rings is 1. The third-order valence-corrected chi connectivity index (χ3v) is 11.6. The monoisotopic (exact) mass is 965 g/mol. The molecule has 5 nitrogen and oxygen atoms in total. The second-order valence-corrected chi connectivity index (χ2v) is 17.4. The average Bonchev–Trinajstić information content (AvgIpc) is 3.76. The third kappa shape index (κ3) is 7.28. The summed E-state index contributed by atoms with van der Waals surface area (Å²) in [5, 5.41) is 2.23. The van der Waals surface area contributed by atoms with Crippen LogP contribution in [0.5, 0.6) is 11.5 Å². The van der Waals surface area contributed by atoms with Gasteiger partial charge in [-0.2, -0.15) is 12.1 Å². The first-order chi connectivity index (χ1) is 28.4. The van der Waals surface area contributed by atoms with Gasteiger partial charge in [0.1, 0.15) is 5.82 Å². The molecule has 0 radical (unpaired) electrons. The maximum atomic E-state index is 6.94. The topological polar surface area (TPSA) is 35.9 Å². The summed E-state index contributed by atoms with van der Waals surface area (Å²) in [5.74, 6) is 2.68. The number of imidazole rings is 1. The van der Waals surface area contributed by atoms with Gasteiger partial charge in [0.2, 0.25) is 0 Å². The van der Waals surface area contributed by atoms with Crippen molar-refractivity contribution in [1.82, 2.24) is 14.1 Å². The number of hydrogen-bond acceptors (Lipinski definition) is 2. The summed E-state index contributed by atoms with van der Waals surface area (Å²) >= 11 is 0. The molecule has 0 unspecified atom stereocenters. The van der Waals surface area contributed by atoms with E-state index in [0.717, 1.165) is 55.6 Å². The summed E-state index contributed by atoms with van der Waals surface area (Å²) in [6.45, 7) is 20.1. The van der Waals surface area contributed by atoms with Gasteiger partial charge in [0.25, 0.3) is 6.33 Å². The van der Waals surface area contributed by atoms with Gasteiger partial charge in [-0.05, 0) is 93.8 Å². The number of fused-ring (bicyclic) bond motifs is 4. The smallest absolute Gasteiger partial charge is 0.268 e. The summed E-state index contributed by atoms with van der Waals surface area (Å²) in [6.07, 6.45) is 5.66. The van der Waals surface area contributed by atoms with Crippen molar-refractivity contribution in [3.8, 4) is 39.8 Å². The Bertz CT molecular complexity index is 3010. The zero-order chi connectivity index (χ0) is 41.2. The van der Waals surface area contributed by atoms with Gasteiger partial charge in [-0.25, -0.2) is 4.98 Å². The molecular formula is C54H50N4OPt-2. The summed E-state index contributed by atoms with van der Waals surface area (Å²) in [4.78, 5) is 4.89. The van der Waals surface area contributed by atoms with Gasteiger partial charge in [0.15, 0.2) is 0 Å². The molecule has 0 saturated carbocycles. The standard InChI is InChI=1S/C54H50N4O.Pt/c1-34(2)43-19-15-20-44(35(3)4)52(43)38-28-40(56-33-57(49-23-13-12-22-48(49)56)53-36(5)16-14-17-37(53)6)31-42(29-38)59-41-24-25-46-45-18-10-11-21-47(45)58(50(46)32-41)51-30-39(26-27-55-51)54(7,8)9;/h10-30,34-35H,1-9H3;/q-2;. The second kappa shape index (κ2) is 16.0. The molecule has 0 N–H and O–H groups in total. The fourth-order valence-corrected chi connectivity index (χ4v) is 8.59. The normalized spacial score (nSPS) is 11.9. The number of hydrogen-bond donors (Lipinski definition) is 0. The van der Waals surface area contributed by atoms with Crippen LogP contribution in [-0.2, 0) is 26.5 Å². The average molecular weight is 966 g/mol. The minimum absolute atomic E-state index is 0. The first kappa shape index (κ1) is 41.0. The Balaban J connectivity index is 0.00000499. The summed E-state index contributed by atoms with van der Waals surface area (Å²) in [6, 6.07) is 50.4. The second-order valence-electron chi connectivity index (χ2n) is 17.4. The van der Waals surface area contributed by atoms with E-state index in [2.05, 4.69) is 210 Å². The van der Waals surface area contributed by atoms with Gasteiger partial charge >= 0.3 is 0 Å². The number of benzene rings is 6. The maximum absolute atomic E-state index is 6.94. The van der Waals surface area contributed by atoms with Crippen molar-refractivity contribution < 1.29 is 30.4 Å². The SMILES string of the molecule is Cc1cccc(C)c1-[n+]1[c-]n(-c2[c-]c(Oc3[c-]c4c(cc3)c3ccccc3n4-c3cc(C(C)(C)C)ccn3)cc(-c3c(C(C)C)cccc3C(C)C)c2)c2ccccc21.[Pt]. The Labute approximate surface area is 368 Å². The van der Waals surface area contributed by atoms with Crippen molar-refractivity contribution in [2.24, 2.45) is 0 Å². The van der Waals surface area contributed by atoms with Crippen LogP contribution in [-0.4, -0.2) is 14.1 Å². The molecule has 9 rings (SSSR count). The van der Waals surface area contributed by atoms with Crippen LogP contribution in [0.1, 0.15) is 88.1 Å². The molecule has 0 atom stereocenters. The quantitative estimate of drug-likeness (QED) is 0.112. The van der Waals surface area contributed by atoms with Gasteiger partial charge in [0.05, 0.1) is 16.7 Å². The van der Waals surface area contributed by atoms with Crippen molar-refractivity contribution in [1.29, 1.82) is 0 Å². The Kier molecular flexibility index (Phi) is 10.9. The summed E-state index contributed by atoms with van der Waals surface area (Å²) < 4.78 is 13.5. The van der Waals surface area contributed by atoms with Crippen LogP contribution in [0.4, 0.5) is 0 Å². The molecule has 0 fully saturated rings. The van der Waals surface area contributed by atoms with Gasteiger partial charge in [-0.15, -0.1) is 35.2 Å². The molecule has 0 saturated heterocycles. The molecule has 0 bridgehead atoms. The van der Waals surface area contributed by atoms with Crippen molar-refractivity contribution in [2.45, 2.75) is 79.6 Å². The van der Waals surface area contributed by atoms with Gasteiger partial charge in [-0.3, -0.25) is 4.57 Å². The fraction of sp³-hybridized carbons (Fsp3) is 0.222. The molecule has 0 amide bonds. The van der Waals surface area contributed by atoms with E-state index in [9.17, 15) is 0 Å². The number of rotatable bonds is 8. The largest absolute Gasteiger partial charge is 0.510 e. The zero-order valence-electron chi connectivity index (χ0n) is 35.8. The molecule has 9 aromatic rings. The summed E-state index contributed by atoms with van der Waals surface area (Å²) in [5.41, 5.74) is 14.5. The van der Waals surface area contributed by atoms with Crippen molar-refractivity contribution >= 4 is 32.8 Å². The predicted molar refractivity (Wildman–Crippen MR) is 242 cm³/mol. The molecule has 0 spiro atoms. The summed E-state index contributed by atoms with van der Waals surface area (Å²) in [7, 11) is 0. The molecule has 0 aliphatic heterocycles. The van der Waals surface area contributed by atoms with Crippen LogP contribution >= 0.6 is 0 Å². The zero-order valence-corrected chi connectivity index (χ0v) is 38.1. The molecular weight excluding hydrogens is 916 g/mol. The molecule has 6 heteroatoms. The van der Waals surface area contributed by atoms with Gasteiger partial charge in [0, 0.05) is 44.3 Å².